The Hall–Kier alpha value is -1.84. The van der Waals surface area contributed by atoms with Crippen LogP contribution < -0.4 is 0 Å². The van der Waals surface area contributed by atoms with Crippen LogP contribution >= 0.6 is 0 Å². The second-order valence-corrected chi connectivity index (χ2v) is 3.63. The van der Waals surface area contributed by atoms with Crippen molar-refractivity contribution < 1.29 is 19.1 Å². The van der Waals surface area contributed by atoms with Crippen LogP contribution in [-0.2, 0) is 20.7 Å². The Morgan fingerprint density at radius 1 is 1.29 bits per heavy atom. The molecule has 0 amide bonds. The van der Waals surface area contributed by atoms with Crippen LogP contribution in [0.5, 0.6) is 0 Å². The Labute approximate surface area is 101 Å². The quantitative estimate of drug-likeness (QED) is 0.749. The van der Waals surface area contributed by atoms with Gasteiger partial charge in [0.25, 0.3) is 0 Å². The zero-order chi connectivity index (χ0) is 12.8. The van der Waals surface area contributed by atoms with Gasteiger partial charge in [0.05, 0.1) is 25.7 Å². The van der Waals surface area contributed by atoms with Crippen molar-refractivity contribution in [3.8, 4) is 0 Å². The van der Waals surface area contributed by atoms with Crippen LogP contribution in [0.3, 0.4) is 0 Å². The van der Waals surface area contributed by atoms with Gasteiger partial charge in [-0.1, -0.05) is 17.7 Å². The van der Waals surface area contributed by atoms with E-state index >= 15 is 0 Å². The maximum absolute atomic E-state index is 11.7. The molecule has 0 aliphatic heterocycles. The van der Waals surface area contributed by atoms with E-state index in [2.05, 4.69) is 4.74 Å². The average molecular weight is 236 g/mol. The lowest BCUT2D eigenvalue weighted by molar-refractivity contribution is -0.139. The van der Waals surface area contributed by atoms with Gasteiger partial charge in [0.1, 0.15) is 0 Å². The number of rotatable bonds is 4. The molecule has 0 saturated carbocycles. The molecule has 0 aliphatic carbocycles. The summed E-state index contributed by atoms with van der Waals surface area (Å²) in [5.74, 6) is -0.783. The van der Waals surface area contributed by atoms with Gasteiger partial charge in [0, 0.05) is 0 Å². The smallest absolute Gasteiger partial charge is 0.338 e. The Kier molecular flexibility index (Phi) is 4.69. The fraction of sp³-hybridized carbons (Fsp3) is 0.385. The largest absolute Gasteiger partial charge is 0.469 e. The Morgan fingerprint density at radius 3 is 2.59 bits per heavy atom. The minimum absolute atomic E-state index is 0.0743. The summed E-state index contributed by atoms with van der Waals surface area (Å²) in [5, 5.41) is 0. The van der Waals surface area contributed by atoms with Crippen molar-refractivity contribution in [2.45, 2.75) is 20.3 Å². The van der Waals surface area contributed by atoms with E-state index in [1.165, 1.54) is 7.11 Å². The molecule has 0 aromatic heterocycles. The molecule has 0 heterocycles. The third-order valence-electron chi connectivity index (χ3n) is 2.32. The summed E-state index contributed by atoms with van der Waals surface area (Å²) >= 11 is 0. The normalized spacial score (nSPS) is 9.82. The predicted octanol–water partition coefficient (Wildman–Crippen LogP) is 1.89. The van der Waals surface area contributed by atoms with Gasteiger partial charge < -0.3 is 9.47 Å². The van der Waals surface area contributed by atoms with Crippen molar-refractivity contribution in [1.29, 1.82) is 0 Å². The Bertz CT molecular complexity index is 423. The average Bonchev–Trinajstić information content (AvgIpc) is 2.31. The second-order valence-electron chi connectivity index (χ2n) is 3.63. The monoisotopic (exact) mass is 236 g/mol. The summed E-state index contributed by atoms with van der Waals surface area (Å²) in [5.41, 5.74) is 2.00. The molecule has 0 aliphatic rings. The number of aryl methyl sites for hydroxylation is 1. The molecule has 17 heavy (non-hydrogen) atoms. The number of carbonyl (C=O) groups is 2. The lowest BCUT2D eigenvalue weighted by atomic mass is 10.0. The molecule has 0 spiro atoms. The molecule has 0 atom stereocenters. The van der Waals surface area contributed by atoms with Crippen molar-refractivity contribution in [1.82, 2.24) is 0 Å². The second kappa shape index (κ2) is 6.03. The van der Waals surface area contributed by atoms with Crippen LogP contribution in [0.4, 0.5) is 0 Å². The number of benzene rings is 1. The molecule has 0 N–H and O–H groups in total. The molecule has 1 aromatic carbocycles. The van der Waals surface area contributed by atoms with E-state index in [1.807, 2.05) is 13.0 Å². The van der Waals surface area contributed by atoms with Gasteiger partial charge in [0.2, 0.25) is 0 Å². The number of hydrogen-bond donors (Lipinski definition) is 0. The topological polar surface area (TPSA) is 52.6 Å². The van der Waals surface area contributed by atoms with E-state index in [9.17, 15) is 9.59 Å². The van der Waals surface area contributed by atoms with Gasteiger partial charge in [-0.25, -0.2) is 4.79 Å². The first-order valence-corrected chi connectivity index (χ1v) is 5.42. The minimum atomic E-state index is -0.407. The highest BCUT2D eigenvalue weighted by molar-refractivity contribution is 5.92. The van der Waals surface area contributed by atoms with E-state index in [4.69, 9.17) is 4.74 Å². The summed E-state index contributed by atoms with van der Waals surface area (Å²) in [6, 6.07) is 5.32. The standard InChI is InChI=1S/C13H16O4/c1-4-17-13(15)11-7-9(2)5-6-10(11)8-12(14)16-3/h5-7H,4,8H2,1-3H3. The van der Waals surface area contributed by atoms with Gasteiger partial charge in [-0.2, -0.15) is 0 Å². The Balaban J connectivity index is 3.03. The van der Waals surface area contributed by atoms with E-state index in [-0.39, 0.29) is 12.4 Å². The van der Waals surface area contributed by atoms with E-state index < -0.39 is 5.97 Å². The van der Waals surface area contributed by atoms with Crippen LogP contribution in [0.25, 0.3) is 0 Å². The van der Waals surface area contributed by atoms with E-state index in [1.54, 1.807) is 19.1 Å². The molecular formula is C13H16O4. The molecule has 0 saturated heterocycles. The zero-order valence-corrected chi connectivity index (χ0v) is 10.3. The first kappa shape index (κ1) is 13.2. The number of methoxy groups -OCH3 is 1. The highest BCUT2D eigenvalue weighted by Crippen LogP contribution is 2.14. The van der Waals surface area contributed by atoms with Gasteiger partial charge in [-0.05, 0) is 25.5 Å². The summed E-state index contributed by atoms with van der Waals surface area (Å²) in [7, 11) is 1.32. The van der Waals surface area contributed by atoms with Crippen molar-refractivity contribution in [2.75, 3.05) is 13.7 Å². The molecule has 0 radical (unpaired) electrons. The van der Waals surface area contributed by atoms with Gasteiger partial charge in [-0.3, -0.25) is 4.79 Å². The predicted molar refractivity (Wildman–Crippen MR) is 62.9 cm³/mol. The fourth-order valence-electron chi connectivity index (χ4n) is 1.47. The first-order valence-electron chi connectivity index (χ1n) is 5.42. The Morgan fingerprint density at radius 2 is 2.00 bits per heavy atom. The zero-order valence-electron chi connectivity index (χ0n) is 10.3. The van der Waals surface area contributed by atoms with E-state index in [0.717, 1.165) is 5.56 Å². The SMILES string of the molecule is CCOC(=O)c1cc(C)ccc1CC(=O)OC. The maximum atomic E-state index is 11.7. The molecule has 4 heteroatoms. The van der Waals surface area contributed by atoms with Crippen LogP contribution in [0.15, 0.2) is 18.2 Å². The molecule has 0 fully saturated rings. The third kappa shape index (κ3) is 3.59. The lowest BCUT2D eigenvalue weighted by Gasteiger charge is -2.09. The van der Waals surface area contributed by atoms with Gasteiger partial charge >= 0.3 is 11.9 Å². The maximum Gasteiger partial charge on any atom is 0.338 e. The van der Waals surface area contributed by atoms with Gasteiger partial charge in [0.15, 0.2) is 0 Å². The van der Waals surface area contributed by atoms with Crippen LogP contribution in [-0.4, -0.2) is 25.7 Å². The summed E-state index contributed by atoms with van der Waals surface area (Å²) < 4.78 is 9.54. The first-order chi connectivity index (χ1) is 8.08. The fourth-order valence-corrected chi connectivity index (χ4v) is 1.47. The van der Waals surface area contributed by atoms with Crippen molar-refractivity contribution in [3.63, 3.8) is 0 Å². The summed E-state index contributed by atoms with van der Waals surface area (Å²) in [6.45, 7) is 3.93. The van der Waals surface area contributed by atoms with Crippen LogP contribution in [0.1, 0.15) is 28.4 Å². The summed E-state index contributed by atoms with van der Waals surface area (Å²) in [4.78, 5) is 22.9. The lowest BCUT2D eigenvalue weighted by Crippen LogP contribution is -2.12. The molecule has 1 rings (SSSR count). The van der Waals surface area contributed by atoms with Crippen molar-refractivity contribution >= 4 is 11.9 Å². The third-order valence-corrected chi connectivity index (χ3v) is 2.32. The highest BCUT2D eigenvalue weighted by Gasteiger charge is 2.15. The molecule has 1 aromatic rings. The van der Waals surface area contributed by atoms with Crippen molar-refractivity contribution in [3.05, 3.63) is 34.9 Å². The molecule has 4 nitrogen and oxygen atoms in total. The minimum Gasteiger partial charge on any atom is -0.469 e. The molecular weight excluding hydrogens is 220 g/mol. The van der Waals surface area contributed by atoms with E-state index in [0.29, 0.717) is 17.7 Å². The van der Waals surface area contributed by atoms with Gasteiger partial charge in [-0.15, -0.1) is 0 Å². The number of carbonyl (C=O) groups excluding carboxylic acids is 2. The number of ether oxygens (including phenoxy) is 2. The van der Waals surface area contributed by atoms with Crippen LogP contribution in [0.2, 0.25) is 0 Å². The van der Waals surface area contributed by atoms with Crippen LogP contribution in [0, 0.1) is 6.92 Å². The number of hydrogen-bond acceptors (Lipinski definition) is 4. The molecule has 0 bridgehead atoms. The van der Waals surface area contributed by atoms with Crippen molar-refractivity contribution in [2.24, 2.45) is 0 Å². The highest BCUT2D eigenvalue weighted by atomic mass is 16.5. The summed E-state index contributed by atoms with van der Waals surface area (Å²) in [6.07, 6.45) is 0.0743. The molecule has 0 unspecified atom stereocenters. The molecule has 92 valence electrons. The number of esters is 2.